The van der Waals surface area contributed by atoms with Crippen molar-refractivity contribution in [3.63, 3.8) is 0 Å². The van der Waals surface area contributed by atoms with Crippen LogP contribution in [0.15, 0.2) is 0 Å². The molecule has 1 aliphatic rings. The van der Waals surface area contributed by atoms with Crippen LogP contribution in [-0.4, -0.2) is 23.5 Å². The Bertz CT molecular complexity index is 319. The molecule has 0 radical (unpaired) electrons. The van der Waals surface area contributed by atoms with Crippen molar-refractivity contribution in [2.24, 2.45) is 10.8 Å². The van der Waals surface area contributed by atoms with Crippen LogP contribution in [0, 0.1) is 10.8 Å². The quantitative estimate of drug-likeness (QED) is 0.734. The average Bonchev–Trinajstić information content (AvgIpc) is 2.21. The molecule has 2 N–H and O–H groups in total. The third-order valence-electron chi connectivity index (χ3n) is 4.04. The lowest BCUT2D eigenvalue weighted by Gasteiger charge is -2.42. The number of amides is 1. The summed E-state index contributed by atoms with van der Waals surface area (Å²) in [6.45, 7) is 6.03. The first-order valence-corrected chi connectivity index (χ1v) is 6.81. The summed E-state index contributed by atoms with van der Waals surface area (Å²) in [5.74, 6) is -1.07. The van der Waals surface area contributed by atoms with Gasteiger partial charge < -0.3 is 10.4 Å². The summed E-state index contributed by atoms with van der Waals surface area (Å²) in [4.78, 5) is 22.7. The van der Waals surface area contributed by atoms with E-state index >= 15 is 0 Å². The highest BCUT2D eigenvalue weighted by atomic mass is 16.4. The number of hydrogen-bond donors (Lipinski definition) is 2. The summed E-state index contributed by atoms with van der Waals surface area (Å²) in [6, 6.07) is 0. The van der Waals surface area contributed by atoms with Gasteiger partial charge in [-0.3, -0.25) is 9.59 Å². The maximum absolute atomic E-state index is 11.8. The Morgan fingerprint density at radius 3 is 2.33 bits per heavy atom. The molecule has 0 spiro atoms. The van der Waals surface area contributed by atoms with Gasteiger partial charge in [0.2, 0.25) is 5.91 Å². The number of carboxylic acid groups (broad SMARTS) is 1. The monoisotopic (exact) mass is 255 g/mol. The first kappa shape index (κ1) is 15.0. The van der Waals surface area contributed by atoms with Crippen LogP contribution >= 0.6 is 0 Å². The molecule has 0 aromatic heterocycles. The van der Waals surface area contributed by atoms with Crippen LogP contribution in [0.5, 0.6) is 0 Å². The van der Waals surface area contributed by atoms with Crippen LogP contribution in [0.4, 0.5) is 0 Å². The summed E-state index contributed by atoms with van der Waals surface area (Å²) in [5.41, 5.74) is -0.695. The molecule has 1 aliphatic carbocycles. The molecule has 0 bridgehead atoms. The molecular formula is C14H25NO3. The third kappa shape index (κ3) is 3.72. The molecule has 0 heterocycles. The van der Waals surface area contributed by atoms with Crippen LogP contribution in [0.25, 0.3) is 0 Å². The lowest BCUT2D eigenvalue weighted by Crippen LogP contribution is -2.43. The van der Waals surface area contributed by atoms with E-state index in [1.165, 1.54) is 19.3 Å². The van der Waals surface area contributed by atoms with E-state index in [1.807, 2.05) is 0 Å². The van der Waals surface area contributed by atoms with E-state index < -0.39 is 11.4 Å². The normalized spacial score (nSPS) is 17.9. The molecule has 0 unspecified atom stereocenters. The number of carbonyl (C=O) groups excluding carboxylic acids is 1. The molecule has 0 aromatic rings. The van der Waals surface area contributed by atoms with Crippen LogP contribution in [-0.2, 0) is 9.59 Å². The second kappa shape index (κ2) is 5.72. The zero-order valence-electron chi connectivity index (χ0n) is 11.7. The van der Waals surface area contributed by atoms with Crippen molar-refractivity contribution in [1.82, 2.24) is 5.32 Å². The van der Waals surface area contributed by atoms with Gasteiger partial charge in [0.05, 0.1) is 5.41 Å². The molecule has 4 nitrogen and oxygen atoms in total. The minimum atomic E-state index is -0.985. The summed E-state index contributed by atoms with van der Waals surface area (Å²) in [6.07, 6.45) is 5.94. The van der Waals surface area contributed by atoms with Crippen molar-refractivity contribution in [2.45, 2.75) is 59.3 Å². The minimum Gasteiger partial charge on any atom is -0.481 e. The lowest BCUT2D eigenvalue weighted by atomic mass is 9.66. The fourth-order valence-corrected chi connectivity index (χ4v) is 2.55. The van der Waals surface area contributed by atoms with E-state index in [0.29, 0.717) is 6.54 Å². The van der Waals surface area contributed by atoms with E-state index in [9.17, 15) is 9.59 Å². The molecule has 1 saturated carbocycles. The van der Waals surface area contributed by atoms with Crippen molar-refractivity contribution >= 4 is 11.9 Å². The van der Waals surface area contributed by atoms with E-state index in [-0.39, 0.29) is 17.7 Å². The highest BCUT2D eigenvalue weighted by Crippen LogP contribution is 2.44. The van der Waals surface area contributed by atoms with Gasteiger partial charge >= 0.3 is 5.97 Å². The zero-order chi connectivity index (χ0) is 13.8. The Hall–Kier alpha value is -1.06. The van der Waals surface area contributed by atoms with Gasteiger partial charge in [0.1, 0.15) is 0 Å². The highest BCUT2D eigenvalue weighted by molar-refractivity contribution is 5.84. The highest BCUT2D eigenvalue weighted by Gasteiger charge is 2.37. The van der Waals surface area contributed by atoms with Crippen LogP contribution in [0.1, 0.15) is 59.3 Å². The van der Waals surface area contributed by atoms with Crippen molar-refractivity contribution in [2.75, 3.05) is 6.54 Å². The van der Waals surface area contributed by atoms with Gasteiger partial charge in [0, 0.05) is 13.0 Å². The van der Waals surface area contributed by atoms with Crippen LogP contribution < -0.4 is 5.32 Å². The number of carboxylic acids is 1. The predicted octanol–water partition coefficient (Wildman–Crippen LogP) is 2.57. The van der Waals surface area contributed by atoms with Crippen molar-refractivity contribution in [3.05, 3.63) is 0 Å². The fraction of sp³-hybridized carbons (Fsp3) is 0.857. The van der Waals surface area contributed by atoms with Crippen LogP contribution in [0.3, 0.4) is 0 Å². The first-order valence-electron chi connectivity index (χ1n) is 6.81. The van der Waals surface area contributed by atoms with Gasteiger partial charge in [-0.25, -0.2) is 0 Å². The van der Waals surface area contributed by atoms with Crippen LogP contribution in [0.2, 0.25) is 0 Å². The first-order chi connectivity index (χ1) is 8.31. The van der Waals surface area contributed by atoms with Gasteiger partial charge in [-0.2, -0.15) is 0 Å². The van der Waals surface area contributed by atoms with Gasteiger partial charge in [0.25, 0.3) is 0 Å². The SMILES string of the molecule is CCCC1(CNC(=O)CC(C)(C)C(=O)O)CCC1. The Morgan fingerprint density at radius 1 is 1.33 bits per heavy atom. The Labute approximate surface area is 109 Å². The number of hydrogen-bond acceptors (Lipinski definition) is 2. The van der Waals surface area contributed by atoms with E-state index in [2.05, 4.69) is 12.2 Å². The molecule has 0 aromatic carbocycles. The van der Waals surface area contributed by atoms with Crippen molar-refractivity contribution in [1.29, 1.82) is 0 Å². The fourth-order valence-electron chi connectivity index (χ4n) is 2.55. The number of carbonyl (C=O) groups is 2. The standard InChI is InChI=1S/C14H25NO3/c1-4-6-14(7-5-8-14)10-15-11(16)9-13(2,3)12(17)18/h4-10H2,1-3H3,(H,15,16)(H,17,18). The Kier molecular flexibility index (Phi) is 4.77. The van der Waals surface area contributed by atoms with E-state index in [4.69, 9.17) is 5.11 Å². The van der Waals surface area contributed by atoms with Crippen molar-refractivity contribution in [3.8, 4) is 0 Å². The molecule has 1 fully saturated rings. The average molecular weight is 255 g/mol. The lowest BCUT2D eigenvalue weighted by molar-refractivity contribution is -0.149. The summed E-state index contributed by atoms with van der Waals surface area (Å²) in [5, 5.41) is 11.9. The second-order valence-corrected chi connectivity index (χ2v) is 6.25. The predicted molar refractivity (Wildman–Crippen MR) is 70.2 cm³/mol. The largest absolute Gasteiger partial charge is 0.481 e. The Morgan fingerprint density at radius 2 is 1.94 bits per heavy atom. The van der Waals surface area contributed by atoms with E-state index in [1.54, 1.807) is 13.8 Å². The zero-order valence-corrected chi connectivity index (χ0v) is 11.7. The summed E-state index contributed by atoms with van der Waals surface area (Å²) >= 11 is 0. The maximum Gasteiger partial charge on any atom is 0.309 e. The molecule has 0 aliphatic heterocycles. The number of aliphatic carboxylic acids is 1. The van der Waals surface area contributed by atoms with E-state index in [0.717, 1.165) is 12.8 Å². The van der Waals surface area contributed by atoms with Gasteiger partial charge in [-0.1, -0.05) is 19.8 Å². The van der Waals surface area contributed by atoms with Crippen molar-refractivity contribution < 1.29 is 14.7 Å². The molecular weight excluding hydrogens is 230 g/mol. The maximum atomic E-state index is 11.8. The van der Waals surface area contributed by atoms with Gasteiger partial charge in [-0.05, 0) is 38.5 Å². The number of rotatable bonds is 7. The summed E-state index contributed by atoms with van der Waals surface area (Å²) in [7, 11) is 0. The molecule has 0 atom stereocenters. The third-order valence-corrected chi connectivity index (χ3v) is 4.04. The molecule has 104 valence electrons. The Balaban J connectivity index is 2.39. The molecule has 18 heavy (non-hydrogen) atoms. The summed E-state index contributed by atoms with van der Waals surface area (Å²) < 4.78 is 0. The molecule has 1 rings (SSSR count). The van der Waals surface area contributed by atoms with Gasteiger partial charge in [0.15, 0.2) is 0 Å². The molecule has 4 heteroatoms. The molecule has 0 saturated heterocycles. The number of nitrogens with one attached hydrogen (secondary N) is 1. The minimum absolute atomic E-state index is 0.0462. The smallest absolute Gasteiger partial charge is 0.309 e. The topological polar surface area (TPSA) is 66.4 Å². The second-order valence-electron chi connectivity index (χ2n) is 6.25. The molecule has 1 amide bonds. The van der Waals surface area contributed by atoms with Gasteiger partial charge in [-0.15, -0.1) is 0 Å².